The SMILES string of the molecule is COc1ccc(C(=O)NCC2CCCCN2)cc1F. The van der Waals surface area contributed by atoms with Crippen molar-refractivity contribution < 1.29 is 13.9 Å². The summed E-state index contributed by atoms with van der Waals surface area (Å²) in [5.74, 6) is -0.634. The van der Waals surface area contributed by atoms with Gasteiger partial charge >= 0.3 is 0 Å². The summed E-state index contributed by atoms with van der Waals surface area (Å²) >= 11 is 0. The lowest BCUT2D eigenvalue weighted by Gasteiger charge is -2.23. The van der Waals surface area contributed by atoms with Crippen molar-refractivity contribution in [2.45, 2.75) is 25.3 Å². The summed E-state index contributed by atoms with van der Waals surface area (Å²) in [6.07, 6.45) is 3.44. The van der Waals surface area contributed by atoms with Crippen molar-refractivity contribution in [2.24, 2.45) is 0 Å². The van der Waals surface area contributed by atoms with Crippen molar-refractivity contribution in [3.8, 4) is 5.75 Å². The molecular weight excluding hydrogens is 247 g/mol. The van der Waals surface area contributed by atoms with Crippen LogP contribution in [0.25, 0.3) is 0 Å². The van der Waals surface area contributed by atoms with E-state index in [1.54, 1.807) is 6.07 Å². The van der Waals surface area contributed by atoms with Gasteiger partial charge in [-0.3, -0.25) is 4.79 Å². The number of methoxy groups -OCH3 is 1. The first-order chi connectivity index (χ1) is 9.20. The van der Waals surface area contributed by atoms with Gasteiger partial charge in [-0.2, -0.15) is 0 Å². The molecule has 1 aliphatic rings. The summed E-state index contributed by atoms with van der Waals surface area (Å²) in [7, 11) is 1.40. The van der Waals surface area contributed by atoms with Crippen LogP contribution in [-0.2, 0) is 0 Å². The molecule has 2 N–H and O–H groups in total. The molecular formula is C14H19FN2O2. The van der Waals surface area contributed by atoms with Crippen LogP contribution >= 0.6 is 0 Å². The van der Waals surface area contributed by atoms with E-state index in [2.05, 4.69) is 10.6 Å². The van der Waals surface area contributed by atoms with Crippen molar-refractivity contribution in [2.75, 3.05) is 20.2 Å². The minimum Gasteiger partial charge on any atom is -0.494 e. The summed E-state index contributed by atoms with van der Waals surface area (Å²) in [4.78, 5) is 11.9. The number of rotatable bonds is 4. The van der Waals surface area contributed by atoms with Crippen LogP contribution in [0, 0.1) is 5.82 Å². The molecule has 0 spiro atoms. The molecule has 1 fully saturated rings. The lowest BCUT2D eigenvalue weighted by atomic mass is 10.1. The normalized spacial score (nSPS) is 18.9. The molecule has 1 aromatic carbocycles. The predicted molar refractivity (Wildman–Crippen MR) is 70.9 cm³/mol. The summed E-state index contributed by atoms with van der Waals surface area (Å²) in [6.45, 7) is 1.57. The second-order valence-corrected chi connectivity index (χ2v) is 4.71. The monoisotopic (exact) mass is 266 g/mol. The maximum Gasteiger partial charge on any atom is 0.251 e. The molecule has 0 saturated carbocycles. The van der Waals surface area contributed by atoms with Crippen LogP contribution in [0.4, 0.5) is 4.39 Å². The van der Waals surface area contributed by atoms with Crippen LogP contribution < -0.4 is 15.4 Å². The molecule has 0 bridgehead atoms. The van der Waals surface area contributed by atoms with Gasteiger partial charge in [0, 0.05) is 18.2 Å². The van der Waals surface area contributed by atoms with E-state index in [0.29, 0.717) is 18.2 Å². The molecule has 1 heterocycles. The second kappa shape index (κ2) is 6.52. The van der Waals surface area contributed by atoms with E-state index in [9.17, 15) is 9.18 Å². The molecule has 1 amide bonds. The third-order valence-electron chi connectivity index (χ3n) is 3.34. The maximum absolute atomic E-state index is 13.5. The minimum absolute atomic E-state index is 0.144. The van der Waals surface area contributed by atoms with Gasteiger partial charge in [0.05, 0.1) is 7.11 Å². The zero-order valence-corrected chi connectivity index (χ0v) is 11.0. The van der Waals surface area contributed by atoms with Gasteiger partial charge in [-0.1, -0.05) is 6.42 Å². The largest absolute Gasteiger partial charge is 0.494 e. The average Bonchev–Trinajstić information content (AvgIpc) is 2.45. The van der Waals surface area contributed by atoms with Crippen LogP contribution in [0.15, 0.2) is 18.2 Å². The standard InChI is InChI=1S/C14H19FN2O2/c1-19-13-6-5-10(8-12(13)15)14(18)17-9-11-4-2-3-7-16-11/h5-6,8,11,16H,2-4,7,9H2,1H3,(H,17,18). The van der Waals surface area contributed by atoms with E-state index >= 15 is 0 Å². The molecule has 1 unspecified atom stereocenters. The number of hydrogen-bond acceptors (Lipinski definition) is 3. The Kier molecular flexibility index (Phi) is 4.74. The minimum atomic E-state index is -0.522. The average molecular weight is 266 g/mol. The number of carbonyl (C=O) groups excluding carboxylic acids is 1. The van der Waals surface area contributed by atoms with Crippen LogP contribution in [0.3, 0.4) is 0 Å². The van der Waals surface area contributed by atoms with Gasteiger partial charge in [0.25, 0.3) is 5.91 Å². The van der Waals surface area contributed by atoms with Crippen molar-refractivity contribution in [3.63, 3.8) is 0 Å². The Bertz CT molecular complexity index is 445. The molecule has 5 heteroatoms. The van der Waals surface area contributed by atoms with Gasteiger partial charge in [0.1, 0.15) is 0 Å². The number of carbonyl (C=O) groups is 1. The fraction of sp³-hybridized carbons (Fsp3) is 0.500. The molecule has 1 atom stereocenters. The fourth-order valence-electron chi connectivity index (χ4n) is 2.22. The Morgan fingerprint density at radius 3 is 3.00 bits per heavy atom. The molecule has 1 aliphatic heterocycles. The van der Waals surface area contributed by atoms with Crippen LogP contribution in [-0.4, -0.2) is 32.1 Å². The van der Waals surface area contributed by atoms with Crippen LogP contribution in [0.1, 0.15) is 29.6 Å². The van der Waals surface area contributed by atoms with Crippen molar-refractivity contribution in [1.82, 2.24) is 10.6 Å². The number of hydrogen-bond donors (Lipinski definition) is 2. The topological polar surface area (TPSA) is 50.4 Å². The van der Waals surface area contributed by atoms with Gasteiger partial charge in [-0.05, 0) is 37.6 Å². The van der Waals surface area contributed by atoms with E-state index in [0.717, 1.165) is 13.0 Å². The van der Waals surface area contributed by atoms with Crippen LogP contribution in [0.5, 0.6) is 5.75 Å². The molecule has 2 rings (SSSR count). The van der Waals surface area contributed by atoms with Gasteiger partial charge < -0.3 is 15.4 Å². The van der Waals surface area contributed by atoms with E-state index in [1.165, 1.54) is 32.1 Å². The smallest absolute Gasteiger partial charge is 0.251 e. The molecule has 0 aliphatic carbocycles. The summed E-state index contributed by atoms with van der Waals surface area (Å²) in [5, 5.41) is 6.17. The number of piperidine rings is 1. The van der Waals surface area contributed by atoms with Gasteiger partial charge in [-0.25, -0.2) is 4.39 Å². The lowest BCUT2D eigenvalue weighted by molar-refractivity contribution is 0.0947. The number of ether oxygens (including phenoxy) is 1. The highest BCUT2D eigenvalue weighted by Crippen LogP contribution is 2.17. The zero-order valence-electron chi connectivity index (χ0n) is 11.0. The molecule has 1 aromatic rings. The van der Waals surface area contributed by atoms with Crippen molar-refractivity contribution in [3.05, 3.63) is 29.6 Å². The number of halogens is 1. The first kappa shape index (κ1) is 13.8. The highest BCUT2D eigenvalue weighted by molar-refractivity contribution is 5.94. The molecule has 4 nitrogen and oxygen atoms in total. The summed E-state index contributed by atoms with van der Waals surface area (Å²) in [5.41, 5.74) is 0.314. The molecule has 1 saturated heterocycles. The third-order valence-corrected chi connectivity index (χ3v) is 3.34. The van der Waals surface area contributed by atoms with Crippen LogP contribution in [0.2, 0.25) is 0 Å². The summed E-state index contributed by atoms with van der Waals surface area (Å²) < 4.78 is 18.3. The Labute approximate surface area is 112 Å². The fourth-order valence-corrected chi connectivity index (χ4v) is 2.22. The maximum atomic E-state index is 13.5. The Hall–Kier alpha value is -1.62. The molecule has 19 heavy (non-hydrogen) atoms. The van der Waals surface area contributed by atoms with Gasteiger partial charge in [0.15, 0.2) is 11.6 Å². The van der Waals surface area contributed by atoms with Crippen molar-refractivity contribution >= 4 is 5.91 Å². The quantitative estimate of drug-likeness (QED) is 0.872. The second-order valence-electron chi connectivity index (χ2n) is 4.71. The number of benzene rings is 1. The highest BCUT2D eigenvalue weighted by atomic mass is 19.1. The first-order valence-corrected chi connectivity index (χ1v) is 6.56. The molecule has 104 valence electrons. The first-order valence-electron chi connectivity index (χ1n) is 6.56. The Balaban J connectivity index is 1.90. The summed E-state index contributed by atoms with van der Waals surface area (Å²) in [6, 6.07) is 4.54. The highest BCUT2D eigenvalue weighted by Gasteiger charge is 2.15. The van der Waals surface area contributed by atoms with Gasteiger partial charge in [-0.15, -0.1) is 0 Å². The van der Waals surface area contributed by atoms with Crippen molar-refractivity contribution in [1.29, 1.82) is 0 Å². The molecule has 0 radical (unpaired) electrons. The predicted octanol–water partition coefficient (Wildman–Crippen LogP) is 1.71. The number of nitrogens with one attached hydrogen (secondary N) is 2. The Morgan fingerprint density at radius 1 is 1.53 bits per heavy atom. The Morgan fingerprint density at radius 2 is 2.37 bits per heavy atom. The van der Waals surface area contributed by atoms with E-state index in [1.807, 2.05) is 0 Å². The van der Waals surface area contributed by atoms with E-state index < -0.39 is 5.82 Å². The van der Waals surface area contributed by atoms with E-state index in [-0.39, 0.29) is 11.7 Å². The van der Waals surface area contributed by atoms with E-state index in [4.69, 9.17) is 4.74 Å². The number of amides is 1. The molecule has 0 aromatic heterocycles. The lowest BCUT2D eigenvalue weighted by Crippen LogP contribution is -2.43. The van der Waals surface area contributed by atoms with Gasteiger partial charge in [0.2, 0.25) is 0 Å². The third kappa shape index (κ3) is 3.67. The zero-order chi connectivity index (χ0) is 13.7.